The predicted molar refractivity (Wildman–Crippen MR) is 167 cm³/mol. The van der Waals surface area contributed by atoms with Gasteiger partial charge in [-0.25, -0.2) is 0 Å². The lowest BCUT2D eigenvalue weighted by Crippen LogP contribution is -2.36. The molecule has 1 saturated heterocycles. The molecule has 1 aliphatic rings. The van der Waals surface area contributed by atoms with Crippen LogP contribution in [0.2, 0.25) is 0 Å². The predicted octanol–water partition coefficient (Wildman–Crippen LogP) is 6.88. The summed E-state index contributed by atoms with van der Waals surface area (Å²) in [5.74, 6) is -0.944. The second kappa shape index (κ2) is 14.2. The zero-order valence-corrected chi connectivity index (χ0v) is 26.4. The zero-order chi connectivity index (χ0) is 32.9. The number of benzene rings is 3. The maximum Gasteiger partial charge on any atom is 0.416 e. The Morgan fingerprint density at radius 2 is 1.80 bits per heavy atom. The van der Waals surface area contributed by atoms with Crippen LogP contribution < -0.4 is 19.5 Å². The number of carbonyl (C=O) groups excluding carboxylic acids is 3. The number of methoxy groups -OCH3 is 1. The van der Waals surface area contributed by atoms with Crippen molar-refractivity contribution in [2.75, 3.05) is 25.6 Å². The van der Waals surface area contributed by atoms with E-state index in [9.17, 15) is 37.7 Å². The van der Waals surface area contributed by atoms with Crippen molar-refractivity contribution in [3.8, 4) is 17.2 Å². The summed E-state index contributed by atoms with van der Waals surface area (Å²) in [6.07, 6.45) is -3.22. The van der Waals surface area contributed by atoms with Crippen molar-refractivity contribution in [2.24, 2.45) is 0 Å². The molecule has 0 bridgehead atoms. The van der Waals surface area contributed by atoms with Gasteiger partial charge in [-0.2, -0.15) is 13.2 Å². The highest BCUT2D eigenvalue weighted by Gasteiger charge is 2.37. The number of nitro benzene ring substituents is 1. The van der Waals surface area contributed by atoms with Gasteiger partial charge in [-0.3, -0.25) is 29.4 Å². The van der Waals surface area contributed by atoms with Gasteiger partial charge in [0.2, 0.25) is 5.91 Å². The van der Waals surface area contributed by atoms with Crippen molar-refractivity contribution in [1.29, 1.82) is 0 Å². The fraction of sp³-hybridized carbons (Fsp3) is 0.207. The van der Waals surface area contributed by atoms with Crippen LogP contribution in [0.4, 0.5) is 29.3 Å². The Morgan fingerprint density at radius 3 is 2.42 bits per heavy atom. The van der Waals surface area contributed by atoms with E-state index in [4.69, 9.17) is 14.2 Å². The van der Waals surface area contributed by atoms with E-state index < -0.39 is 40.3 Å². The molecule has 1 aliphatic heterocycles. The van der Waals surface area contributed by atoms with Gasteiger partial charge in [0.15, 0.2) is 11.5 Å². The number of amides is 3. The Hall–Kier alpha value is -4.32. The van der Waals surface area contributed by atoms with Crippen molar-refractivity contribution in [3.63, 3.8) is 0 Å². The van der Waals surface area contributed by atoms with Gasteiger partial charge in [0.1, 0.15) is 18.9 Å². The number of halogens is 4. The molecule has 0 aromatic heterocycles. The Labute approximate surface area is 272 Å². The first-order chi connectivity index (χ1) is 21.3. The lowest BCUT2D eigenvalue weighted by atomic mass is 10.1. The molecule has 0 aliphatic carbocycles. The van der Waals surface area contributed by atoms with Crippen LogP contribution in [0, 0.1) is 13.7 Å². The molecule has 1 heterocycles. The first kappa shape index (κ1) is 33.6. The van der Waals surface area contributed by atoms with E-state index in [-0.39, 0.29) is 35.2 Å². The average molecular weight is 757 g/mol. The summed E-state index contributed by atoms with van der Waals surface area (Å²) in [4.78, 5) is 49.5. The Morgan fingerprint density at radius 1 is 1.09 bits per heavy atom. The third-order valence-electron chi connectivity index (χ3n) is 6.14. The molecular weight excluding hydrogens is 734 g/mol. The fourth-order valence-electron chi connectivity index (χ4n) is 4.05. The maximum absolute atomic E-state index is 13.2. The maximum atomic E-state index is 13.2. The van der Waals surface area contributed by atoms with Gasteiger partial charge in [-0.1, -0.05) is 0 Å². The number of hydrogen-bond donors (Lipinski definition) is 1. The number of rotatable bonds is 11. The first-order valence-corrected chi connectivity index (χ1v) is 14.8. The number of thioether (sulfide) groups is 1. The second-order valence-corrected chi connectivity index (χ2v) is 11.4. The van der Waals surface area contributed by atoms with Gasteiger partial charge in [-0.15, -0.1) is 0 Å². The number of nitrogens with zero attached hydrogens (tertiary/aromatic N) is 2. The van der Waals surface area contributed by atoms with Crippen LogP contribution in [-0.2, 0) is 22.4 Å². The van der Waals surface area contributed by atoms with Crippen LogP contribution in [0.1, 0.15) is 23.6 Å². The van der Waals surface area contributed by atoms with Crippen LogP contribution in [0.5, 0.6) is 17.2 Å². The minimum atomic E-state index is -4.67. The molecule has 45 heavy (non-hydrogen) atoms. The fourth-order valence-corrected chi connectivity index (χ4v) is 5.67. The van der Waals surface area contributed by atoms with Crippen molar-refractivity contribution in [1.82, 2.24) is 4.90 Å². The van der Waals surface area contributed by atoms with E-state index in [0.717, 1.165) is 12.1 Å². The highest BCUT2D eigenvalue weighted by molar-refractivity contribution is 14.1. The van der Waals surface area contributed by atoms with Crippen molar-refractivity contribution in [2.45, 2.75) is 19.7 Å². The molecule has 1 fully saturated rings. The van der Waals surface area contributed by atoms with Gasteiger partial charge in [-0.05, 0) is 101 Å². The number of non-ortho nitro benzene ring substituents is 1. The lowest BCUT2D eigenvalue weighted by Gasteiger charge is -2.16. The molecule has 0 saturated carbocycles. The summed E-state index contributed by atoms with van der Waals surface area (Å²) in [6.45, 7) is 1.42. The molecule has 3 aromatic rings. The number of hydrogen-bond acceptors (Lipinski definition) is 9. The quantitative estimate of drug-likeness (QED) is 0.0961. The summed E-state index contributed by atoms with van der Waals surface area (Å²) in [7, 11) is 1.22. The largest absolute Gasteiger partial charge is 0.495 e. The van der Waals surface area contributed by atoms with Crippen molar-refractivity contribution >= 4 is 68.9 Å². The van der Waals surface area contributed by atoms with Crippen molar-refractivity contribution in [3.05, 3.63) is 89.9 Å². The molecule has 4 rings (SSSR count). The third-order valence-corrected chi connectivity index (χ3v) is 7.84. The molecule has 0 atom stereocenters. The molecule has 11 nitrogen and oxygen atoms in total. The summed E-state index contributed by atoms with van der Waals surface area (Å²) in [5, 5.41) is 12.4. The monoisotopic (exact) mass is 757 g/mol. The van der Waals surface area contributed by atoms with Gasteiger partial charge >= 0.3 is 6.18 Å². The molecule has 236 valence electrons. The summed E-state index contributed by atoms with van der Waals surface area (Å²) < 4.78 is 56.8. The van der Waals surface area contributed by atoms with Crippen molar-refractivity contribution < 1.29 is 46.7 Å². The minimum absolute atomic E-state index is 0.0160. The number of nitrogens with one attached hydrogen (secondary N) is 1. The Bertz CT molecular complexity index is 1680. The van der Waals surface area contributed by atoms with Crippen LogP contribution in [0.15, 0.2) is 59.5 Å². The molecule has 0 radical (unpaired) electrons. The highest BCUT2D eigenvalue weighted by Crippen LogP contribution is 2.38. The van der Waals surface area contributed by atoms with Gasteiger partial charge in [0.25, 0.3) is 16.8 Å². The summed E-state index contributed by atoms with van der Waals surface area (Å²) in [6, 6.07) is 11.7. The molecule has 0 unspecified atom stereocenters. The second-order valence-electron chi connectivity index (χ2n) is 9.20. The number of nitro groups is 1. The topological polar surface area (TPSA) is 137 Å². The zero-order valence-electron chi connectivity index (χ0n) is 23.5. The van der Waals surface area contributed by atoms with Crippen LogP contribution in [-0.4, -0.2) is 47.1 Å². The number of alkyl halides is 3. The smallest absolute Gasteiger partial charge is 0.416 e. The molecule has 1 N–H and O–H groups in total. The van der Waals surface area contributed by atoms with E-state index in [1.54, 1.807) is 31.2 Å². The SMILES string of the molecule is CCOc1cc(/C=C2\SC(=O)N(CC(=O)Nc3cc(C(F)(F)F)ccc3OC)C2=O)cc(I)c1OCc1ccc([N+](=O)[O-])cc1. The van der Waals surface area contributed by atoms with Crippen LogP contribution in [0.3, 0.4) is 0 Å². The molecule has 3 amide bonds. The highest BCUT2D eigenvalue weighted by atomic mass is 127. The Balaban J connectivity index is 1.49. The van der Waals surface area contributed by atoms with Gasteiger partial charge in [0.05, 0.1) is 38.4 Å². The summed E-state index contributed by atoms with van der Waals surface area (Å²) >= 11 is 2.62. The summed E-state index contributed by atoms with van der Waals surface area (Å²) in [5.41, 5.74) is -0.153. The van der Waals surface area contributed by atoms with E-state index in [1.807, 2.05) is 22.6 Å². The van der Waals surface area contributed by atoms with Gasteiger partial charge in [0, 0.05) is 12.1 Å². The van der Waals surface area contributed by atoms with E-state index in [1.165, 1.54) is 25.3 Å². The third kappa shape index (κ3) is 8.24. The van der Waals surface area contributed by atoms with E-state index in [0.29, 0.717) is 48.9 Å². The Kier molecular flexibility index (Phi) is 10.6. The molecule has 0 spiro atoms. The normalized spacial score (nSPS) is 14.1. The average Bonchev–Trinajstić information content (AvgIpc) is 3.23. The molecule has 16 heteroatoms. The number of imide groups is 1. The van der Waals surface area contributed by atoms with E-state index >= 15 is 0 Å². The molecular formula is C29H23F3IN3O8S. The van der Waals surface area contributed by atoms with Crippen LogP contribution >= 0.6 is 34.4 Å². The molecule has 3 aromatic carbocycles. The minimum Gasteiger partial charge on any atom is -0.495 e. The standard InChI is InChI=1S/C29H23F3IN3O8S/c1-3-43-23-11-17(10-20(33)26(23)44-15-16-4-7-19(8-5-16)36(40)41)12-24-27(38)35(28(39)45-24)14-25(37)34-21-13-18(29(30,31)32)6-9-22(21)42-2/h4-13H,3,14-15H2,1-2H3,(H,34,37)/b24-12-. The first-order valence-electron chi connectivity index (χ1n) is 12.9. The number of anilines is 1. The lowest BCUT2D eigenvalue weighted by molar-refractivity contribution is -0.384. The number of carbonyl (C=O) groups is 3. The van der Waals surface area contributed by atoms with Crippen LogP contribution in [0.25, 0.3) is 6.08 Å². The van der Waals surface area contributed by atoms with Gasteiger partial charge < -0.3 is 19.5 Å². The van der Waals surface area contributed by atoms with E-state index in [2.05, 4.69) is 5.32 Å². The number of ether oxygens (including phenoxy) is 3.